The number of hydrogen-bond acceptors (Lipinski definition) is 6. The lowest BCUT2D eigenvalue weighted by Crippen LogP contribution is -2.31. The average Bonchev–Trinajstić information content (AvgIpc) is 3.42. The predicted molar refractivity (Wildman–Crippen MR) is 100 cm³/mol. The molecule has 146 valence electrons. The van der Waals surface area contributed by atoms with E-state index in [0.717, 1.165) is 23.8 Å². The maximum Gasteiger partial charge on any atom is 0.257 e. The van der Waals surface area contributed by atoms with Crippen molar-refractivity contribution in [2.75, 3.05) is 13.7 Å². The number of aromatic nitrogens is 2. The van der Waals surface area contributed by atoms with Crippen LogP contribution < -0.4 is 4.74 Å². The molecule has 29 heavy (non-hydrogen) atoms. The summed E-state index contributed by atoms with van der Waals surface area (Å²) < 4.78 is 24.9. The average molecular weight is 392 g/mol. The first kappa shape index (κ1) is 18.6. The molecular formula is C21H17FN4O3. The quantitative estimate of drug-likeness (QED) is 0.672. The first-order valence-electron chi connectivity index (χ1n) is 9.09. The molecule has 8 heteroatoms. The molecular weight excluding hydrogens is 375 g/mol. The van der Waals surface area contributed by atoms with Crippen LogP contribution >= 0.6 is 0 Å². The summed E-state index contributed by atoms with van der Waals surface area (Å²) in [7, 11) is 1.59. The molecule has 1 aromatic heterocycles. The lowest BCUT2D eigenvalue weighted by Gasteiger charge is -2.22. The zero-order chi connectivity index (χ0) is 20.4. The Labute approximate surface area is 166 Å². The number of benzene rings is 2. The van der Waals surface area contributed by atoms with Crippen molar-refractivity contribution in [2.45, 2.75) is 18.9 Å². The van der Waals surface area contributed by atoms with Crippen LogP contribution in [0.3, 0.4) is 0 Å². The van der Waals surface area contributed by atoms with Gasteiger partial charge in [-0.1, -0.05) is 5.16 Å². The van der Waals surface area contributed by atoms with Gasteiger partial charge in [-0.05, 0) is 55.3 Å². The molecule has 3 aromatic rings. The fourth-order valence-electron chi connectivity index (χ4n) is 3.41. The molecule has 0 unspecified atom stereocenters. The molecule has 1 saturated heterocycles. The normalized spacial score (nSPS) is 15.9. The van der Waals surface area contributed by atoms with Gasteiger partial charge in [-0.15, -0.1) is 0 Å². The van der Waals surface area contributed by atoms with Gasteiger partial charge in [0.25, 0.3) is 5.91 Å². The number of methoxy groups -OCH3 is 1. The van der Waals surface area contributed by atoms with Gasteiger partial charge in [0.05, 0.1) is 24.3 Å². The molecule has 0 radical (unpaired) electrons. The minimum atomic E-state index is -0.718. The number of ether oxygens (including phenoxy) is 1. The molecule has 2 aromatic carbocycles. The van der Waals surface area contributed by atoms with E-state index < -0.39 is 17.8 Å². The fraction of sp³-hybridized carbons (Fsp3) is 0.238. The first-order valence-corrected chi connectivity index (χ1v) is 9.09. The number of nitrogens with zero attached hydrogens (tertiary/aromatic N) is 4. The van der Waals surface area contributed by atoms with Gasteiger partial charge >= 0.3 is 0 Å². The standard InChI is InChI=1S/C21H17FN4O3/c1-28-15-7-5-14(6-8-15)19-24-20(29-25-19)18-3-2-10-26(18)21(27)16-9-4-13(12-23)11-17(16)22/h4-9,11,18H,2-3,10H2,1H3/t18-/m0/s1. The van der Waals surface area contributed by atoms with Crippen molar-refractivity contribution < 1.29 is 18.4 Å². The Hall–Kier alpha value is -3.73. The molecule has 2 heterocycles. The van der Waals surface area contributed by atoms with Crippen LogP contribution in [0.15, 0.2) is 47.0 Å². The number of nitriles is 1. The zero-order valence-electron chi connectivity index (χ0n) is 15.6. The molecule has 1 atom stereocenters. The summed E-state index contributed by atoms with van der Waals surface area (Å²) in [5.74, 6) is 0.263. The highest BCUT2D eigenvalue weighted by Gasteiger charge is 2.35. The molecule has 4 rings (SSSR count). The Morgan fingerprint density at radius 3 is 2.79 bits per heavy atom. The minimum absolute atomic E-state index is 0.0780. The van der Waals surface area contributed by atoms with Crippen molar-refractivity contribution in [1.29, 1.82) is 5.26 Å². The molecule has 7 nitrogen and oxygen atoms in total. The molecule has 0 bridgehead atoms. The molecule has 1 aliphatic rings. The van der Waals surface area contributed by atoms with Crippen molar-refractivity contribution in [3.05, 3.63) is 65.3 Å². The number of carbonyl (C=O) groups is 1. The smallest absolute Gasteiger partial charge is 0.257 e. The molecule has 0 N–H and O–H groups in total. The summed E-state index contributed by atoms with van der Waals surface area (Å²) in [6.07, 6.45) is 1.39. The molecule has 0 spiro atoms. The van der Waals surface area contributed by atoms with Crippen LogP contribution in [-0.4, -0.2) is 34.6 Å². The Kier molecular flexibility index (Phi) is 4.96. The third kappa shape index (κ3) is 3.55. The summed E-state index contributed by atoms with van der Waals surface area (Å²) in [6.45, 7) is 0.461. The van der Waals surface area contributed by atoms with Gasteiger partial charge in [0, 0.05) is 12.1 Å². The van der Waals surface area contributed by atoms with Crippen molar-refractivity contribution in [2.24, 2.45) is 0 Å². The predicted octanol–water partition coefficient (Wildman–Crippen LogP) is 3.73. The van der Waals surface area contributed by atoms with Gasteiger partial charge < -0.3 is 14.2 Å². The lowest BCUT2D eigenvalue weighted by atomic mass is 10.1. The number of hydrogen-bond donors (Lipinski definition) is 0. The summed E-state index contributed by atoms with van der Waals surface area (Å²) in [5, 5.41) is 12.9. The maximum absolute atomic E-state index is 14.3. The van der Waals surface area contributed by atoms with E-state index in [4.69, 9.17) is 14.5 Å². The third-order valence-electron chi connectivity index (χ3n) is 4.92. The highest BCUT2D eigenvalue weighted by atomic mass is 19.1. The Balaban J connectivity index is 1.58. The van der Waals surface area contributed by atoms with Gasteiger partial charge in [-0.25, -0.2) is 4.39 Å². The van der Waals surface area contributed by atoms with Crippen LogP contribution in [0, 0.1) is 17.1 Å². The van der Waals surface area contributed by atoms with Gasteiger partial charge in [0.2, 0.25) is 11.7 Å². The monoisotopic (exact) mass is 392 g/mol. The lowest BCUT2D eigenvalue weighted by molar-refractivity contribution is 0.0705. The van der Waals surface area contributed by atoms with Crippen LogP contribution in [0.2, 0.25) is 0 Å². The third-order valence-corrected chi connectivity index (χ3v) is 4.92. The van der Waals surface area contributed by atoms with E-state index in [2.05, 4.69) is 10.1 Å². The number of amides is 1. The topological polar surface area (TPSA) is 92.3 Å². The molecule has 1 amide bonds. The van der Waals surface area contributed by atoms with Crippen LogP contribution in [0.1, 0.15) is 40.7 Å². The second kappa shape index (κ2) is 7.72. The Morgan fingerprint density at radius 1 is 1.31 bits per heavy atom. The van der Waals surface area contributed by atoms with Crippen LogP contribution in [0.25, 0.3) is 11.4 Å². The van der Waals surface area contributed by atoms with E-state index in [9.17, 15) is 9.18 Å². The maximum atomic E-state index is 14.3. The van der Waals surface area contributed by atoms with E-state index >= 15 is 0 Å². The van der Waals surface area contributed by atoms with Crippen molar-refractivity contribution >= 4 is 5.91 Å². The first-order chi connectivity index (χ1) is 14.1. The molecule has 1 fully saturated rings. The van der Waals surface area contributed by atoms with Gasteiger partial charge in [0.15, 0.2) is 0 Å². The van der Waals surface area contributed by atoms with Crippen LogP contribution in [-0.2, 0) is 0 Å². The number of likely N-dealkylation sites (tertiary alicyclic amines) is 1. The van der Waals surface area contributed by atoms with Crippen molar-refractivity contribution in [3.8, 4) is 23.2 Å². The molecule has 0 aliphatic carbocycles. The van der Waals surface area contributed by atoms with Crippen LogP contribution in [0.5, 0.6) is 5.75 Å². The Bertz CT molecular complexity index is 1090. The zero-order valence-corrected chi connectivity index (χ0v) is 15.6. The van der Waals surface area contributed by atoms with E-state index in [1.807, 2.05) is 18.2 Å². The second-order valence-corrected chi connectivity index (χ2v) is 6.65. The summed E-state index contributed by atoms with van der Waals surface area (Å²) in [4.78, 5) is 18.9. The largest absolute Gasteiger partial charge is 0.497 e. The van der Waals surface area contributed by atoms with Gasteiger partial charge in [-0.3, -0.25) is 4.79 Å². The van der Waals surface area contributed by atoms with Crippen LogP contribution in [0.4, 0.5) is 4.39 Å². The number of halogens is 1. The van der Waals surface area contributed by atoms with E-state index in [-0.39, 0.29) is 11.1 Å². The van der Waals surface area contributed by atoms with E-state index in [1.54, 1.807) is 19.2 Å². The van der Waals surface area contributed by atoms with Crippen molar-refractivity contribution in [3.63, 3.8) is 0 Å². The van der Waals surface area contributed by atoms with E-state index in [0.29, 0.717) is 24.7 Å². The highest BCUT2D eigenvalue weighted by Crippen LogP contribution is 2.33. The van der Waals surface area contributed by atoms with Gasteiger partial charge in [0.1, 0.15) is 17.6 Å². The fourth-order valence-corrected chi connectivity index (χ4v) is 3.41. The summed E-state index contributed by atoms with van der Waals surface area (Å²) >= 11 is 0. The van der Waals surface area contributed by atoms with Crippen molar-refractivity contribution in [1.82, 2.24) is 15.0 Å². The summed E-state index contributed by atoms with van der Waals surface area (Å²) in [5.41, 5.74) is 0.846. The van der Waals surface area contributed by atoms with E-state index in [1.165, 1.54) is 17.0 Å². The number of rotatable bonds is 4. The SMILES string of the molecule is COc1ccc(-c2noc([C@@H]3CCCN3C(=O)c3ccc(C#N)cc3F)n2)cc1. The second-order valence-electron chi connectivity index (χ2n) is 6.65. The Morgan fingerprint density at radius 2 is 2.10 bits per heavy atom. The van der Waals surface area contributed by atoms with Gasteiger partial charge in [-0.2, -0.15) is 10.2 Å². The molecule has 0 saturated carbocycles. The molecule has 1 aliphatic heterocycles. The highest BCUT2D eigenvalue weighted by molar-refractivity contribution is 5.95. The summed E-state index contributed by atoms with van der Waals surface area (Å²) in [6, 6.07) is 12.5. The minimum Gasteiger partial charge on any atom is -0.497 e. The number of carbonyl (C=O) groups excluding carboxylic acids is 1.